The first-order chi connectivity index (χ1) is 16.8. The molecule has 1 unspecified atom stereocenters. The Kier molecular flexibility index (Phi) is 7.43. The second-order valence-electron chi connectivity index (χ2n) is 8.28. The zero-order valence-electron chi connectivity index (χ0n) is 19.4. The second kappa shape index (κ2) is 10.5. The Morgan fingerprint density at radius 2 is 1.37 bits per heavy atom. The van der Waals surface area contributed by atoms with E-state index in [2.05, 4.69) is 0 Å². The molecular formula is C28H25F5O2. The molecule has 0 amide bonds. The molecule has 4 rings (SSSR count). The number of ether oxygens (including phenoxy) is 2. The molecule has 3 aromatic rings. The number of halogens is 5. The van der Waals surface area contributed by atoms with Gasteiger partial charge in [-0.1, -0.05) is 24.3 Å². The lowest BCUT2D eigenvalue weighted by atomic mass is 9.82. The van der Waals surface area contributed by atoms with Crippen LogP contribution in [-0.4, -0.2) is 13.2 Å². The van der Waals surface area contributed by atoms with Crippen LogP contribution in [0.1, 0.15) is 50.2 Å². The van der Waals surface area contributed by atoms with Crippen molar-refractivity contribution in [2.75, 3.05) is 13.2 Å². The molecule has 1 aliphatic carbocycles. The third-order valence-electron chi connectivity index (χ3n) is 6.20. The molecule has 1 aliphatic rings. The van der Waals surface area contributed by atoms with Gasteiger partial charge in [0.25, 0.3) is 0 Å². The Balaban J connectivity index is 1.55. The van der Waals surface area contributed by atoms with Crippen LogP contribution in [0.5, 0.6) is 11.5 Å². The molecule has 184 valence electrons. The van der Waals surface area contributed by atoms with Crippen molar-refractivity contribution in [1.29, 1.82) is 0 Å². The third kappa shape index (κ3) is 4.90. The summed E-state index contributed by atoms with van der Waals surface area (Å²) in [6.07, 6.45) is 3.20. The van der Waals surface area contributed by atoms with E-state index < -0.39 is 29.1 Å². The summed E-state index contributed by atoms with van der Waals surface area (Å²) < 4.78 is 82.8. The molecule has 0 radical (unpaired) electrons. The summed E-state index contributed by atoms with van der Waals surface area (Å²) in [6.45, 7) is 3.77. The lowest BCUT2D eigenvalue weighted by Crippen LogP contribution is -2.09. The molecule has 0 bridgehead atoms. The second-order valence-corrected chi connectivity index (χ2v) is 8.28. The smallest absolute Gasteiger partial charge is 0.201 e. The van der Waals surface area contributed by atoms with Crippen LogP contribution < -0.4 is 9.47 Å². The van der Waals surface area contributed by atoms with Crippen LogP contribution in [0.4, 0.5) is 22.0 Å². The molecule has 3 aromatic carbocycles. The number of hydrogen-bond acceptors (Lipinski definition) is 2. The average Bonchev–Trinajstić information content (AvgIpc) is 2.86. The van der Waals surface area contributed by atoms with Crippen molar-refractivity contribution >= 4 is 5.57 Å². The minimum atomic E-state index is -1.12. The first-order valence-corrected chi connectivity index (χ1v) is 11.6. The van der Waals surface area contributed by atoms with E-state index in [1.807, 2.05) is 6.08 Å². The molecule has 0 saturated heterocycles. The Morgan fingerprint density at radius 3 is 1.97 bits per heavy atom. The van der Waals surface area contributed by atoms with Gasteiger partial charge >= 0.3 is 0 Å². The zero-order valence-corrected chi connectivity index (χ0v) is 19.4. The van der Waals surface area contributed by atoms with Crippen LogP contribution in [0.2, 0.25) is 0 Å². The number of benzene rings is 3. The van der Waals surface area contributed by atoms with Crippen LogP contribution >= 0.6 is 0 Å². The minimum Gasteiger partial charge on any atom is -0.491 e. The Labute approximate surface area is 201 Å². The molecule has 0 N–H and O–H groups in total. The van der Waals surface area contributed by atoms with E-state index in [1.54, 1.807) is 13.8 Å². The molecule has 0 heterocycles. The first-order valence-electron chi connectivity index (χ1n) is 11.6. The molecule has 2 nitrogen and oxygen atoms in total. The maximum atomic E-state index is 15.0. The average molecular weight is 488 g/mol. The molecule has 0 aliphatic heterocycles. The van der Waals surface area contributed by atoms with Gasteiger partial charge in [-0.05, 0) is 80.0 Å². The summed E-state index contributed by atoms with van der Waals surface area (Å²) in [5, 5.41) is 0. The predicted molar refractivity (Wildman–Crippen MR) is 125 cm³/mol. The van der Waals surface area contributed by atoms with Gasteiger partial charge in [0, 0.05) is 11.1 Å². The normalized spacial score (nSPS) is 15.6. The van der Waals surface area contributed by atoms with Crippen molar-refractivity contribution in [2.24, 2.45) is 0 Å². The summed E-state index contributed by atoms with van der Waals surface area (Å²) >= 11 is 0. The van der Waals surface area contributed by atoms with Gasteiger partial charge < -0.3 is 9.47 Å². The summed E-state index contributed by atoms with van der Waals surface area (Å²) in [5.41, 5.74) is 1.48. The van der Waals surface area contributed by atoms with Gasteiger partial charge in [0.2, 0.25) is 11.6 Å². The number of rotatable bonds is 7. The fourth-order valence-corrected chi connectivity index (χ4v) is 4.45. The van der Waals surface area contributed by atoms with E-state index in [-0.39, 0.29) is 47.3 Å². The maximum absolute atomic E-state index is 15.0. The molecular weight excluding hydrogens is 463 g/mol. The lowest BCUT2D eigenvalue weighted by molar-refractivity contribution is 0.312. The van der Waals surface area contributed by atoms with Crippen LogP contribution in [0.15, 0.2) is 48.5 Å². The highest BCUT2D eigenvalue weighted by molar-refractivity contribution is 5.72. The Morgan fingerprint density at radius 1 is 0.743 bits per heavy atom. The molecule has 1 atom stereocenters. The van der Waals surface area contributed by atoms with Gasteiger partial charge in [0.15, 0.2) is 23.1 Å². The van der Waals surface area contributed by atoms with Gasteiger partial charge in [-0.3, -0.25) is 0 Å². The maximum Gasteiger partial charge on any atom is 0.201 e. The first kappa shape index (κ1) is 24.8. The molecule has 0 aromatic heterocycles. The molecule has 0 fully saturated rings. The van der Waals surface area contributed by atoms with Crippen molar-refractivity contribution in [2.45, 2.75) is 39.0 Å². The van der Waals surface area contributed by atoms with E-state index in [4.69, 9.17) is 9.47 Å². The van der Waals surface area contributed by atoms with Gasteiger partial charge in [-0.2, -0.15) is 8.78 Å². The van der Waals surface area contributed by atoms with Gasteiger partial charge in [0.1, 0.15) is 5.82 Å². The fourth-order valence-electron chi connectivity index (χ4n) is 4.45. The van der Waals surface area contributed by atoms with Crippen LogP contribution in [-0.2, 0) is 0 Å². The van der Waals surface area contributed by atoms with E-state index in [9.17, 15) is 17.6 Å². The molecule has 0 spiro atoms. The van der Waals surface area contributed by atoms with Gasteiger partial charge in [-0.15, -0.1) is 0 Å². The Bertz CT molecular complexity index is 1270. The highest BCUT2D eigenvalue weighted by Crippen LogP contribution is 2.40. The summed E-state index contributed by atoms with van der Waals surface area (Å²) in [6, 6.07) is 9.86. The van der Waals surface area contributed by atoms with Gasteiger partial charge in [0.05, 0.1) is 13.2 Å². The van der Waals surface area contributed by atoms with Crippen LogP contribution in [0, 0.1) is 29.1 Å². The van der Waals surface area contributed by atoms with Crippen molar-refractivity contribution in [1.82, 2.24) is 0 Å². The third-order valence-corrected chi connectivity index (χ3v) is 6.20. The molecule has 35 heavy (non-hydrogen) atoms. The lowest BCUT2D eigenvalue weighted by Gasteiger charge is -2.24. The highest BCUT2D eigenvalue weighted by Gasteiger charge is 2.25. The number of allylic oxidation sites excluding steroid dienone is 2. The van der Waals surface area contributed by atoms with Crippen molar-refractivity contribution < 1.29 is 31.4 Å². The summed E-state index contributed by atoms with van der Waals surface area (Å²) in [7, 11) is 0. The number of hydrogen-bond donors (Lipinski definition) is 0. The standard InChI is InChI=1S/C28H25F5O2/c1-3-34-23-13-11-20(25(30)27(23)32)17-7-5-16(6-8-17)19-10-9-18(15-22(19)29)21-12-14-24(35-4-2)28(33)26(21)31/h5,9-15,17H,3-4,6-8H2,1-2H3. The fraction of sp³-hybridized carbons (Fsp3) is 0.286. The zero-order chi connectivity index (χ0) is 25.1. The van der Waals surface area contributed by atoms with Crippen molar-refractivity contribution in [3.63, 3.8) is 0 Å². The van der Waals surface area contributed by atoms with Crippen molar-refractivity contribution in [3.8, 4) is 22.6 Å². The van der Waals surface area contributed by atoms with E-state index in [1.165, 1.54) is 42.5 Å². The quantitative estimate of drug-likeness (QED) is 0.312. The van der Waals surface area contributed by atoms with Crippen molar-refractivity contribution in [3.05, 3.63) is 88.8 Å². The van der Waals surface area contributed by atoms with Gasteiger partial charge in [-0.25, -0.2) is 13.2 Å². The Hall–Kier alpha value is -3.35. The van der Waals surface area contributed by atoms with E-state index in [0.29, 0.717) is 24.8 Å². The SMILES string of the molecule is CCOc1ccc(-c2ccc(C3=CCC(c4ccc(OCC)c(F)c4F)CC3)c(F)c2)c(F)c1F. The topological polar surface area (TPSA) is 18.5 Å². The summed E-state index contributed by atoms with van der Waals surface area (Å²) in [5.74, 6) is -5.27. The minimum absolute atomic E-state index is 0.0675. The molecule has 0 saturated carbocycles. The predicted octanol–water partition coefficient (Wildman–Crippen LogP) is 8.20. The van der Waals surface area contributed by atoms with E-state index >= 15 is 4.39 Å². The summed E-state index contributed by atoms with van der Waals surface area (Å²) in [4.78, 5) is 0. The van der Waals surface area contributed by atoms with E-state index in [0.717, 1.165) is 5.57 Å². The van der Waals surface area contributed by atoms with Crippen LogP contribution in [0.3, 0.4) is 0 Å². The highest BCUT2D eigenvalue weighted by atomic mass is 19.2. The largest absolute Gasteiger partial charge is 0.491 e. The van der Waals surface area contributed by atoms with Crippen LogP contribution in [0.25, 0.3) is 16.7 Å². The molecule has 7 heteroatoms. The monoisotopic (exact) mass is 488 g/mol.